The first-order valence-corrected chi connectivity index (χ1v) is 8.25. The third-order valence-electron chi connectivity index (χ3n) is 4.27. The van der Waals surface area contributed by atoms with Gasteiger partial charge in [-0.05, 0) is 45.7 Å². The monoisotopic (exact) mass is 347 g/mol. The molecule has 7 nitrogen and oxygen atoms in total. The van der Waals surface area contributed by atoms with Crippen molar-refractivity contribution in [2.24, 2.45) is 0 Å². The van der Waals surface area contributed by atoms with Crippen molar-refractivity contribution in [2.45, 2.75) is 51.7 Å². The summed E-state index contributed by atoms with van der Waals surface area (Å²) < 4.78 is 5.31. The Labute approximate surface area is 147 Å². The third kappa shape index (κ3) is 3.92. The Morgan fingerprint density at radius 1 is 1.28 bits per heavy atom. The average Bonchev–Trinajstić information content (AvgIpc) is 2.74. The Balaban J connectivity index is 2.01. The lowest BCUT2D eigenvalue weighted by molar-refractivity contribution is -0.137. The molecule has 1 aliphatic rings. The molecule has 2 unspecified atom stereocenters. The summed E-state index contributed by atoms with van der Waals surface area (Å²) >= 11 is 0. The van der Waals surface area contributed by atoms with E-state index in [1.807, 2.05) is 31.2 Å². The number of carbonyl (C=O) groups is 3. The first kappa shape index (κ1) is 18.8. The molecule has 2 atom stereocenters. The van der Waals surface area contributed by atoms with Gasteiger partial charge in [-0.15, -0.1) is 0 Å². The molecule has 0 radical (unpaired) electrons. The fraction of sp³-hybridized carbons (Fsp3) is 0.500. The van der Waals surface area contributed by atoms with Crippen LogP contribution in [0.2, 0.25) is 0 Å². The van der Waals surface area contributed by atoms with Crippen LogP contribution in [-0.2, 0) is 16.0 Å². The third-order valence-corrected chi connectivity index (χ3v) is 4.27. The molecular formula is C18H25N3O4. The van der Waals surface area contributed by atoms with Crippen LogP contribution in [0, 0.1) is 0 Å². The summed E-state index contributed by atoms with van der Waals surface area (Å²) in [6.45, 7) is 6.64. The number of nitrogens with zero attached hydrogens (tertiary/aromatic N) is 1. The maximum absolute atomic E-state index is 12.5. The molecule has 1 saturated heterocycles. The minimum atomic E-state index is -0.991. The van der Waals surface area contributed by atoms with Gasteiger partial charge in [0.15, 0.2) is 0 Å². The van der Waals surface area contributed by atoms with Crippen LogP contribution in [-0.4, -0.2) is 47.5 Å². The van der Waals surface area contributed by atoms with Crippen LogP contribution in [0.15, 0.2) is 24.3 Å². The van der Waals surface area contributed by atoms with Crippen molar-refractivity contribution in [1.29, 1.82) is 0 Å². The number of hydrogen-bond donors (Lipinski definition) is 2. The van der Waals surface area contributed by atoms with Gasteiger partial charge in [0.2, 0.25) is 5.91 Å². The second-order valence-electron chi connectivity index (χ2n) is 6.83. The molecule has 25 heavy (non-hydrogen) atoms. The maximum atomic E-state index is 12.5. The summed E-state index contributed by atoms with van der Waals surface area (Å²) in [6, 6.07) is 5.98. The van der Waals surface area contributed by atoms with E-state index < -0.39 is 23.5 Å². The summed E-state index contributed by atoms with van der Waals surface area (Å²) in [6.07, 6.45) is 0.577. The van der Waals surface area contributed by atoms with Gasteiger partial charge in [0.1, 0.15) is 17.3 Å². The average molecular weight is 347 g/mol. The van der Waals surface area contributed by atoms with Gasteiger partial charge in [-0.2, -0.15) is 0 Å². The van der Waals surface area contributed by atoms with E-state index in [4.69, 9.17) is 4.74 Å². The number of rotatable bonds is 6. The van der Waals surface area contributed by atoms with Crippen LogP contribution < -0.4 is 15.4 Å². The van der Waals surface area contributed by atoms with Gasteiger partial charge in [0.05, 0.1) is 7.11 Å². The first-order chi connectivity index (χ1) is 11.7. The second-order valence-corrected chi connectivity index (χ2v) is 6.83. The molecule has 0 aromatic heterocycles. The number of hydrogen-bond acceptors (Lipinski definition) is 4. The van der Waals surface area contributed by atoms with Crippen molar-refractivity contribution in [3.63, 3.8) is 0 Å². The molecular weight excluding hydrogens is 322 g/mol. The molecule has 0 spiro atoms. The van der Waals surface area contributed by atoms with Gasteiger partial charge in [-0.3, -0.25) is 9.59 Å². The number of benzene rings is 1. The van der Waals surface area contributed by atoms with Crippen molar-refractivity contribution in [3.05, 3.63) is 29.8 Å². The minimum absolute atomic E-state index is 0.181. The highest BCUT2D eigenvalue weighted by molar-refractivity contribution is 6.09. The predicted molar refractivity (Wildman–Crippen MR) is 93.2 cm³/mol. The van der Waals surface area contributed by atoms with Crippen LogP contribution >= 0.6 is 0 Å². The Morgan fingerprint density at radius 2 is 1.92 bits per heavy atom. The number of urea groups is 1. The Kier molecular flexibility index (Phi) is 5.35. The van der Waals surface area contributed by atoms with Crippen LogP contribution in [0.25, 0.3) is 0 Å². The summed E-state index contributed by atoms with van der Waals surface area (Å²) in [7, 11) is 1.60. The summed E-state index contributed by atoms with van der Waals surface area (Å²) in [5, 5.41) is 5.43. The lowest BCUT2D eigenvalue weighted by Gasteiger charge is -2.24. The quantitative estimate of drug-likeness (QED) is 0.763. The van der Waals surface area contributed by atoms with Crippen molar-refractivity contribution in [1.82, 2.24) is 15.5 Å². The topological polar surface area (TPSA) is 87.7 Å². The summed E-state index contributed by atoms with van der Waals surface area (Å²) in [5.74, 6) is -0.0198. The molecule has 0 aliphatic carbocycles. The second kappa shape index (κ2) is 7.13. The molecule has 1 aromatic carbocycles. The fourth-order valence-electron chi connectivity index (χ4n) is 2.86. The molecule has 1 heterocycles. The van der Waals surface area contributed by atoms with Crippen LogP contribution in [0.1, 0.15) is 33.3 Å². The van der Waals surface area contributed by atoms with Crippen molar-refractivity contribution < 1.29 is 19.1 Å². The van der Waals surface area contributed by atoms with E-state index in [-0.39, 0.29) is 11.9 Å². The SMILES string of the molecule is COc1ccccc1CC(C)NC(=O)C(C)N1C(=O)NC(C)(C)C1=O. The number of para-hydroxylation sites is 1. The molecule has 1 aromatic rings. The normalized spacial score (nSPS) is 18.5. The number of ether oxygens (including phenoxy) is 1. The van der Waals surface area contributed by atoms with Crippen LogP contribution in [0.5, 0.6) is 5.75 Å². The fourth-order valence-corrected chi connectivity index (χ4v) is 2.86. The van der Waals surface area contributed by atoms with E-state index in [1.165, 1.54) is 0 Å². The highest BCUT2D eigenvalue weighted by Crippen LogP contribution is 2.20. The van der Waals surface area contributed by atoms with Gasteiger partial charge in [0, 0.05) is 6.04 Å². The van der Waals surface area contributed by atoms with Gasteiger partial charge in [0.25, 0.3) is 5.91 Å². The lowest BCUT2D eigenvalue weighted by Crippen LogP contribution is -2.51. The van der Waals surface area contributed by atoms with E-state index in [1.54, 1.807) is 27.9 Å². The Hall–Kier alpha value is -2.57. The molecule has 136 valence electrons. The number of methoxy groups -OCH3 is 1. The molecule has 0 bridgehead atoms. The van der Waals surface area contributed by atoms with Gasteiger partial charge in [-0.1, -0.05) is 18.2 Å². The van der Waals surface area contributed by atoms with Crippen molar-refractivity contribution in [2.75, 3.05) is 7.11 Å². The first-order valence-electron chi connectivity index (χ1n) is 8.25. The van der Waals surface area contributed by atoms with Crippen LogP contribution in [0.4, 0.5) is 4.79 Å². The van der Waals surface area contributed by atoms with E-state index in [9.17, 15) is 14.4 Å². The zero-order valence-corrected chi connectivity index (χ0v) is 15.3. The number of carbonyl (C=O) groups excluding carboxylic acids is 3. The largest absolute Gasteiger partial charge is 0.496 e. The minimum Gasteiger partial charge on any atom is -0.496 e. The van der Waals surface area contributed by atoms with Gasteiger partial charge < -0.3 is 15.4 Å². The number of nitrogens with one attached hydrogen (secondary N) is 2. The van der Waals surface area contributed by atoms with Gasteiger partial charge >= 0.3 is 6.03 Å². The Morgan fingerprint density at radius 3 is 2.48 bits per heavy atom. The van der Waals surface area contributed by atoms with Crippen molar-refractivity contribution >= 4 is 17.8 Å². The molecule has 7 heteroatoms. The highest BCUT2D eigenvalue weighted by atomic mass is 16.5. The number of imide groups is 1. The van der Waals surface area contributed by atoms with E-state index in [2.05, 4.69) is 10.6 Å². The van der Waals surface area contributed by atoms with Crippen molar-refractivity contribution in [3.8, 4) is 5.75 Å². The summed E-state index contributed by atoms with van der Waals surface area (Å²) in [5.41, 5.74) is -0.0177. The van der Waals surface area contributed by atoms with E-state index in [0.717, 1.165) is 16.2 Å². The molecule has 1 aliphatic heterocycles. The number of amides is 4. The molecule has 4 amide bonds. The van der Waals surface area contributed by atoms with Gasteiger partial charge in [-0.25, -0.2) is 9.69 Å². The zero-order chi connectivity index (χ0) is 18.8. The Bertz CT molecular complexity index is 687. The smallest absolute Gasteiger partial charge is 0.325 e. The predicted octanol–water partition coefficient (Wildman–Crippen LogP) is 1.46. The standard InChI is InChI=1S/C18H25N3O4/c1-11(10-13-8-6-7-9-14(13)25-5)19-15(22)12(2)21-16(23)18(3,4)20-17(21)24/h6-9,11-12H,10H2,1-5H3,(H,19,22)(H,20,24). The maximum Gasteiger partial charge on any atom is 0.325 e. The molecule has 2 N–H and O–H groups in total. The van der Waals surface area contributed by atoms with E-state index >= 15 is 0 Å². The van der Waals surface area contributed by atoms with Crippen LogP contribution in [0.3, 0.4) is 0 Å². The van der Waals surface area contributed by atoms with E-state index in [0.29, 0.717) is 6.42 Å². The highest BCUT2D eigenvalue weighted by Gasteiger charge is 2.47. The lowest BCUT2D eigenvalue weighted by atomic mass is 10.0. The molecule has 2 rings (SSSR count). The molecule has 1 fully saturated rings. The molecule has 0 saturated carbocycles. The zero-order valence-electron chi connectivity index (χ0n) is 15.3. The summed E-state index contributed by atoms with van der Waals surface area (Å²) in [4.78, 5) is 37.7.